The molecule has 2 rings (SSSR count). The van der Waals surface area contributed by atoms with Gasteiger partial charge in [0.05, 0.1) is 0 Å². The molecule has 23 heavy (non-hydrogen) atoms. The van der Waals surface area contributed by atoms with Crippen LogP contribution >= 0.6 is 0 Å². The number of carbonyl (C=O) groups is 2. The fourth-order valence-electron chi connectivity index (χ4n) is 2.04. The lowest BCUT2D eigenvalue weighted by molar-refractivity contribution is -0.116. The molecule has 0 saturated heterocycles. The van der Waals surface area contributed by atoms with E-state index < -0.39 is 0 Å². The Kier molecular flexibility index (Phi) is 5.68. The first-order chi connectivity index (χ1) is 11.1. The zero-order chi connectivity index (χ0) is 16.7. The lowest BCUT2D eigenvalue weighted by Gasteiger charge is -2.09. The summed E-state index contributed by atoms with van der Waals surface area (Å²) in [4.78, 5) is 23.2. The lowest BCUT2D eigenvalue weighted by atomic mass is 10.1. The van der Waals surface area contributed by atoms with Crippen LogP contribution in [0.2, 0.25) is 0 Å². The van der Waals surface area contributed by atoms with Gasteiger partial charge in [-0.1, -0.05) is 24.3 Å². The van der Waals surface area contributed by atoms with Crippen molar-refractivity contribution in [3.63, 3.8) is 0 Å². The number of anilines is 2. The smallest absolute Gasteiger partial charge is 0.318 e. The van der Waals surface area contributed by atoms with Crippen LogP contribution in [0.15, 0.2) is 48.5 Å². The predicted octanol–water partition coefficient (Wildman–Crippen LogP) is 3.15. The van der Waals surface area contributed by atoms with Gasteiger partial charge >= 0.3 is 6.03 Å². The minimum absolute atomic E-state index is 0.175. The number of amides is 3. The van der Waals surface area contributed by atoms with Crippen LogP contribution in [0.3, 0.4) is 0 Å². The second-order valence-electron chi connectivity index (χ2n) is 4.92. The van der Waals surface area contributed by atoms with Gasteiger partial charge in [-0.3, -0.25) is 4.79 Å². The van der Waals surface area contributed by atoms with Crippen molar-refractivity contribution in [3.8, 4) is 0 Å². The lowest BCUT2D eigenvalue weighted by Crippen LogP contribution is -2.24. The Morgan fingerprint density at radius 2 is 1.70 bits per heavy atom. The molecule has 0 aliphatic heterocycles. The van der Waals surface area contributed by atoms with Gasteiger partial charge in [0, 0.05) is 24.8 Å². The number of rotatable bonds is 5. The Labute approximate surface area is 133 Å². The number of benzene rings is 2. The molecule has 0 unspecified atom stereocenters. The van der Waals surface area contributed by atoms with E-state index in [9.17, 15) is 14.0 Å². The molecule has 0 atom stereocenters. The first-order valence-corrected chi connectivity index (χ1v) is 7.20. The number of nitrogens with one attached hydrogen (secondary N) is 3. The molecule has 3 N–H and O–H groups in total. The summed E-state index contributed by atoms with van der Waals surface area (Å²) in [6.45, 7) is 0. The average molecular weight is 315 g/mol. The Bertz CT molecular complexity index is 704. The van der Waals surface area contributed by atoms with Crippen LogP contribution in [-0.2, 0) is 11.2 Å². The van der Waals surface area contributed by atoms with E-state index in [4.69, 9.17) is 0 Å². The highest BCUT2D eigenvalue weighted by molar-refractivity contribution is 5.93. The summed E-state index contributed by atoms with van der Waals surface area (Å²) in [5.41, 5.74) is 1.64. The van der Waals surface area contributed by atoms with E-state index in [0.717, 1.165) is 0 Å². The van der Waals surface area contributed by atoms with Crippen molar-refractivity contribution in [1.82, 2.24) is 5.32 Å². The molecule has 0 aliphatic rings. The van der Waals surface area contributed by atoms with Crippen molar-refractivity contribution in [3.05, 3.63) is 59.9 Å². The van der Waals surface area contributed by atoms with Crippen molar-refractivity contribution in [2.45, 2.75) is 12.8 Å². The monoisotopic (exact) mass is 315 g/mol. The van der Waals surface area contributed by atoms with Gasteiger partial charge < -0.3 is 16.0 Å². The normalized spacial score (nSPS) is 10.0. The van der Waals surface area contributed by atoms with E-state index >= 15 is 0 Å². The maximum atomic E-state index is 13.5. The van der Waals surface area contributed by atoms with Crippen molar-refractivity contribution < 1.29 is 14.0 Å². The molecule has 5 nitrogen and oxygen atoms in total. The third-order valence-electron chi connectivity index (χ3n) is 3.21. The minimum Gasteiger partial charge on any atom is -0.341 e. The van der Waals surface area contributed by atoms with E-state index in [1.165, 1.54) is 13.1 Å². The summed E-state index contributed by atoms with van der Waals surface area (Å²) < 4.78 is 13.5. The molecular formula is C17H18FN3O2. The Morgan fingerprint density at radius 3 is 2.39 bits per heavy atom. The molecule has 0 radical (unpaired) electrons. The van der Waals surface area contributed by atoms with Crippen molar-refractivity contribution in [2.75, 3.05) is 17.7 Å². The SMILES string of the molecule is CNC(=O)Nc1cccc(NC(=O)CCc2ccccc2F)c1. The molecule has 2 aromatic carbocycles. The summed E-state index contributed by atoms with van der Waals surface area (Å²) in [5.74, 6) is -0.526. The zero-order valence-electron chi connectivity index (χ0n) is 12.7. The maximum absolute atomic E-state index is 13.5. The fourth-order valence-corrected chi connectivity index (χ4v) is 2.04. The first-order valence-electron chi connectivity index (χ1n) is 7.20. The molecular weight excluding hydrogens is 297 g/mol. The summed E-state index contributed by atoms with van der Waals surface area (Å²) in [7, 11) is 1.52. The maximum Gasteiger partial charge on any atom is 0.318 e. The molecule has 0 saturated carbocycles. The van der Waals surface area contributed by atoms with E-state index in [2.05, 4.69) is 16.0 Å². The van der Waals surface area contributed by atoms with Crippen LogP contribution in [0, 0.1) is 5.82 Å². The second-order valence-corrected chi connectivity index (χ2v) is 4.92. The highest BCUT2D eigenvalue weighted by Gasteiger charge is 2.07. The summed E-state index contributed by atoms with van der Waals surface area (Å²) >= 11 is 0. The van der Waals surface area contributed by atoms with Crippen LogP contribution in [0.25, 0.3) is 0 Å². The highest BCUT2D eigenvalue weighted by Crippen LogP contribution is 2.16. The number of hydrogen-bond donors (Lipinski definition) is 3. The van der Waals surface area contributed by atoms with Gasteiger partial charge in [0.2, 0.25) is 5.91 Å². The first kappa shape index (κ1) is 16.5. The Hall–Kier alpha value is -2.89. The molecule has 0 fully saturated rings. The van der Waals surface area contributed by atoms with Gasteiger partial charge in [-0.2, -0.15) is 0 Å². The van der Waals surface area contributed by atoms with Gasteiger partial charge in [-0.25, -0.2) is 9.18 Å². The fraction of sp³-hybridized carbons (Fsp3) is 0.176. The van der Waals surface area contributed by atoms with Crippen LogP contribution in [-0.4, -0.2) is 19.0 Å². The molecule has 0 aliphatic carbocycles. The van der Waals surface area contributed by atoms with Crippen LogP contribution in [0.4, 0.5) is 20.6 Å². The van der Waals surface area contributed by atoms with E-state index in [-0.39, 0.29) is 24.2 Å². The van der Waals surface area contributed by atoms with Crippen LogP contribution < -0.4 is 16.0 Å². The van der Waals surface area contributed by atoms with E-state index in [0.29, 0.717) is 23.4 Å². The molecule has 0 heterocycles. The molecule has 2 aromatic rings. The third kappa shape index (κ3) is 5.10. The minimum atomic E-state index is -0.340. The van der Waals surface area contributed by atoms with Gasteiger partial charge in [-0.05, 0) is 36.2 Å². The Morgan fingerprint density at radius 1 is 1.00 bits per heavy atom. The summed E-state index contributed by atoms with van der Waals surface area (Å²) in [6.07, 6.45) is 0.503. The highest BCUT2D eigenvalue weighted by atomic mass is 19.1. The largest absolute Gasteiger partial charge is 0.341 e. The van der Waals surface area contributed by atoms with Gasteiger partial charge in [-0.15, -0.1) is 0 Å². The topological polar surface area (TPSA) is 70.2 Å². The van der Waals surface area contributed by atoms with E-state index in [1.807, 2.05) is 0 Å². The quantitative estimate of drug-likeness (QED) is 0.793. The number of urea groups is 1. The van der Waals surface area contributed by atoms with Gasteiger partial charge in [0.1, 0.15) is 5.82 Å². The zero-order valence-corrected chi connectivity index (χ0v) is 12.7. The van der Waals surface area contributed by atoms with Crippen LogP contribution in [0.1, 0.15) is 12.0 Å². The van der Waals surface area contributed by atoms with Crippen molar-refractivity contribution in [1.29, 1.82) is 0 Å². The summed E-state index contributed by atoms with van der Waals surface area (Å²) in [5, 5.41) is 7.79. The standard InChI is InChI=1S/C17H18FN3O2/c1-19-17(23)21-14-7-4-6-13(11-14)20-16(22)10-9-12-5-2-3-8-15(12)18/h2-8,11H,9-10H2,1H3,(H,20,22)(H2,19,21,23). The molecule has 6 heteroatoms. The van der Waals surface area contributed by atoms with Gasteiger partial charge in [0.15, 0.2) is 0 Å². The summed E-state index contributed by atoms with van der Waals surface area (Å²) in [6, 6.07) is 12.9. The van der Waals surface area contributed by atoms with E-state index in [1.54, 1.807) is 42.5 Å². The van der Waals surface area contributed by atoms with Crippen molar-refractivity contribution in [2.24, 2.45) is 0 Å². The second kappa shape index (κ2) is 7.93. The number of halogens is 1. The molecule has 0 spiro atoms. The molecule has 0 bridgehead atoms. The predicted molar refractivity (Wildman–Crippen MR) is 87.9 cm³/mol. The molecule has 120 valence electrons. The van der Waals surface area contributed by atoms with Crippen molar-refractivity contribution >= 4 is 23.3 Å². The molecule has 3 amide bonds. The number of hydrogen-bond acceptors (Lipinski definition) is 2. The third-order valence-corrected chi connectivity index (χ3v) is 3.21. The molecule has 0 aromatic heterocycles. The average Bonchev–Trinajstić information content (AvgIpc) is 2.54. The van der Waals surface area contributed by atoms with Gasteiger partial charge in [0.25, 0.3) is 0 Å². The Balaban J connectivity index is 1.91. The number of aryl methyl sites for hydroxylation is 1. The number of carbonyl (C=O) groups excluding carboxylic acids is 2. The van der Waals surface area contributed by atoms with Crippen LogP contribution in [0.5, 0.6) is 0 Å².